The Hall–Kier alpha value is -0.130. The highest BCUT2D eigenvalue weighted by Crippen LogP contribution is 2.44. The summed E-state index contributed by atoms with van der Waals surface area (Å²) in [5, 5.41) is 12.1. The molecule has 0 aromatic rings. The van der Waals surface area contributed by atoms with Crippen LogP contribution in [-0.4, -0.2) is 44.7 Å². The molecule has 0 atom stereocenters. The molecule has 0 aromatic carbocycles. The van der Waals surface area contributed by atoms with Crippen LogP contribution in [0.25, 0.3) is 0 Å². The van der Waals surface area contributed by atoms with Gasteiger partial charge in [0.1, 0.15) is 0 Å². The minimum Gasteiger partial charge on any atom is -0.396 e. The molecule has 0 heterocycles. The van der Waals surface area contributed by atoms with Crippen LogP contribution in [0.4, 0.5) is 0 Å². The van der Waals surface area contributed by atoms with Gasteiger partial charge in [0.15, 0.2) is 9.84 Å². The lowest BCUT2D eigenvalue weighted by molar-refractivity contribution is 0.208. The largest absolute Gasteiger partial charge is 0.396 e. The first-order valence-electron chi connectivity index (χ1n) is 5.06. The first-order chi connectivity index (χ1) is 6.54. The number of aliphatic hydroxyl groups excluding tert-OH is 1. The van der Waals surface area contributed by atoms with Crippen molar-refractivity contribution < 1.29 is 13.5 Å². The Balaban J connectivity index is 2.11. The van der Waals surface area contributed by atoms with Crippen LogP contribution in [0.15, 0.2) is 0 Å². The van der Waals surface area contributed by atoms with E-state index < -0.39 is 9.84 Å². The average Bonchev–Trinajstić information content (AvgIpc) is 2.94. The van der Waals surface area contributed by atoms with Crippen molar-refractivity contribution in [3.05, 3.63) is 0 Å². The summed E-state index contributed by atoms with van der Waals surface area (Å²) in [6, 6.07) is 0. The number of aliphatic hydroxyl groups is 1. The molecule has 0 bridgehead atoms. The van der Waals surface area contributed by atoms with E-state index in [4.69, 9.17) is 5.11 Å². The van der Waals surface area contributed by atoms with Crippen LogP contribution in [0.3, 0.4) is 0 Å². The topological polar surface area (TPSA) is 66.4 Å². The van der Waals surface area contributed by atoms with Gasteiger partial charge in [0.05, 0.1) is 5.75 Å². The highest BCUT2D eigenvalue weighted by atomic mass is 32.2. The monoisotopic (exact) mass is 221 g/mol. The maximum absolute atomic E-state index is 11.1. The van der Waals surface area contributed by atoms with Crippen molar-refractivity contribution in [3.8, 4) is 0 Å². The Labute approximate surface area is 85.6 Å². The Morgan fingerprint density at radius 3 is 2.50 bits per heavy atom. The summed E-state index contributed by atoms with van der Waals surface area (Å²) in [6.07, 6.45) is 2.11. The minimum absolute atomic E-state index is 0.0655. The maximum Gasteiger partial charge on any atom is 0.151 e. The molecule has 0 aromatic heterocycles. The third-order valence-electron chi connectivity index (χ3n) is 2.82. The normalized spacial score (nSPS) is 19.6. The summed E-state index contributed by atoms with van der Waals surface area (Å²) < 4.78 is 22.2. The third kappa shape index (κ3) is 3.55. The molecule has 5 heteroatoms. The van der Waals surface area contributed by atoms with Gasteiger partial charge in [-0.1, -0.05) is 6.92 Å². The molecular weight excluding hydrogens is 202 g/mol. The van der Waals surface area contributed by atoms with Crippen molar-refractivity contribution in [2.24, 2.45) is 5.41 Å². The molecule has 0 unspecified atom stereocenters. The molecule has 4 nitrogen and oxygen atoms in total. The van der Waals surface area contributed by atoms with E-state index in [-0.39, 0.29) is 23.5 Å². The van der Waals surface area contributed by atoms with Gasteiger partial charge in [0.25, 0.3) is 0 Å². The van der Waals surface area contributed by atoms with Crippen LogP contribution in [0.1, 0.15) is 19.8 Å². The zero-order valence-electron chi connectivity index (χ0n) is 8.62. The van der Waals surface area contributed by atoms with Gasteiger partial charge in [-0.15, -0.1) is 0 Å². The van der Waals surface area contributed by atoms with Crippen LogP contribution in [-0.2, 0) is 9.84 Å². The van der Waals surface area contributed by atoms with Gasteiger partial charge in [-0.25, -0.2) is 8.42 Å². The zero-order chi connectivity index (χ0) is 10.7. The lowest BCUT2D eigenvalue weighted by Gasteiger charge is -2.12. The SMILES string of the molecule is CCS(=O)(=O)CCNCC1(CO)CC1. The first kappa shape index (κ1) is 11.9. The molecule has 84 valence electrons. The Morgan fingerprint density at radius 2 is 2.07 bits per heavy atom. The van der Waals surface area contributed by atoms with Crippen molar-refractivity contribution in [3.63, 3.8) is 0 Å². The molecule has 1 rings (SSSR count). The van der Waals surface area contributed by atoms with Gasteiger partial charge in [-0.3, -0.25) is 0 Å². The number of sulfone groups is 1. The molecule has 1 aliphatic carbocycles. The molecule has 14 heavy (non-hydrogen) atoms. The van der Waals surface area contributed by atoms with Gasteiger partial charge >= 0.3 is 0 Å². The summed E-state index contributed by atoms with van der Waals surface area (Å²) in [5.74, 6) is 0.408. The molecule has 0 aliphatic heterocycles. The van der Waals surface area contributed by atoms with Crippen molar-refractivity contribution in [2.45, 2.75) is 19.8 Å². The van der Waals surface area contributed by atoms with Crippen molar-refractivity contribution in [1.82, 2.24) is 5.32 Å². The predicted octanol–water partition coefficient (Wildman–Crippen LogP) is -0.217. The van der Waals surface area contributed by atoms with E-state index in [0.717, 1.165) is 19.4 Å². The highest BCUT2D eigenvalue weighted by molar-refractivity contribution is 7.91. The van der Waals surface area contributed by atoms with E-state index in [1.165, 1.54) is 0 Å². The van der Waals surface area contributed by atoms with Crippen LogP contribution in [0.2, 0.25) is 0 Å². The third-order valence-corrected chi connectivity index (χ3v) is 4.53. The number of nitrogens with one attached hydrogen (secondary N) is 1. The fraction of sp³-hybridized carbons (Fsp3) is 1.00. The van der Waals surface area contributed by atoms with E-state index in [2.05, 4.69) is 5.32 Å². The van der Waals surface area contributed by atoms with E-state index in [1.54, 1.807) is 6.92 Å². The summed E-state index contributed by atoms with van der Waals surface area (Å²) >= 11 is 0. The summed E-state index contributed by atoms with van der Waals surface area (Å²) in [6.45, 7) is 3.10. The summed E-state index contributed by atoms with van der Waals surface area (Å²) in [7, 11) is -2.85. The molecule has 0 radical (unpaired) electrons. The second-order valence-electron chi connectivity index (χ2n) is 4.07. The predicted molar refractivity (Wildman–Crippen MR) is 56.0 cm³/mol. The highest BCUT2D eigenvalue weighted by Gasteiger charge is 2.41. The van der Waals surface area contributed by atoms with Crippen LogP contribution >= 0.6 is 0 Å². The van der Waals surface area contributed by atoms with Gasteiger partial charge in [-0.2, -0.15) is 0 Å². The van der Waals surface area contributed by atoms with E-state index in [0.29, 0.717) is 6.54 Å². The molecule has 1 fully saturated rings. The van der Waals surface area contributed by atoms with Crippen LogP contribution in [0, 0.1) is 5.41 Å². The quantitative estimate of drug-likeness (QED) is 0.583. The van der Waals surface area contributed by atoms with Gasteiger partial charge in [0, 0.05) is 30.9 Å². The van der Waals surface area contributed by atoms with Crippen LogP contribution < -0.4 is 5.32 Å². The minimum atomic E-state index is -2.85. The molecule has 1 saturated carbocycles. The zero-order valence-corrected chi connectivity index (χ0v) is 9.44. The second kappa shape index (κ2) is 4.59. The Morgan fingerprint density at radius 1 is 1.43 bits per heavy atom. The molecule has 2 N–H and O–H groups in total. The summed E-state index contributed by atoms with van der Waals surface area (Å²) in [4.78, 5) is 0. The lowest BCUT2D eigenvalue weighted by Crippen LogP contribution is -2.30. The molecule has 0 saturated heterocycles. The van der Waals surface area contributed by atoms with E-state index in [1.807, 2.05) is 0 Å². The van der Waals surface area contributed by atoms with Crippen molar-refractivity contribution >= 4 is 9.84 Å². The lowest BCUT2D eigenvalue weighted by atomic mass is 10.1. The smallest absolute Gasteiger partial charge is 0.151 e. The number of hydrogen-bond donors (Lipinski definition) is 2. The van der Waals surface area contributed by atoms with Gasteiger partial charge in [-0.05, 0) is 12.8 Å². The molecule has 1 aliphatic rings. The standard InChI is InChI=1S/C9H19NO3S/c1-2-14(12,13)6-5-10-7-9(8-11)3-4-9/h10-11H,2-8H2,1H3. The molecular formula is C9H19NO3S. The van der Waals surface area contributed by atoms with Crippen LogP contribution in [0.5, 0.6) is 0 Å². The number of hydrogen-bond acceptors (Lipinski definition) is 4. The molecule has 0 amide bonds. The van der Waals surface area contributed by atoms with E-state index >= 15 is 0 Å². The maximum atomic E-state index is 11.1. The fourth-order valence-corrected chi connectivity index (χ4v) is 2.04. The van der Waals surface area contributed by atoms with Gasteiger partial charge < -0.3 is 10.4 Å². The van der Waals surface area contributed by atoms with Crippen molar-refractivity contribution in [1.29, 1.82) is 0 Å². The first-order valence-corrected chi connectivity index (χ1v) is 6.88. The van der Waals surface area contributed by atoms with E-state index in [9.17, 15) is 8.42 Å². The Bertz CT molecular complexity index is 270. The fourth-order valence-electron chi connectivity index (χ4n) is 1.29. The Kier molecular flexibility index (Phi) is 3.92. The second-order valence-corrected chi connectivity index (χ2v) is 6.54. The average molecular weight is 221 g/mol. The van der Waals surface area contributed by atoms with Gasteiger partial charge in [0.2, 0.25) is 0 Å². The number of rotatable bonds is 7. The summed E-state index contributed by atoms with van der Waals surface area (Å²) in [5.41, 5.74) is 0.0655. The molecule has 0 spiro atoms. The van der Waals surface area contributed by atoms with Crippen molar-refractivity contribution in [2.75, 3.05) is 31.2 Å².